The molecule has 0 aliphatic rings. The Balaban J connectivity index is -0.0000000155. The number of hydrogen-bond acceptors (Lipinski definition) is 32. The van der Waals surface area contributed by atoms with Gasteiger partial charge in [0.2, 0.25) is 0 Å². The zero-order valence-electron chi connectivity index (χ0n) is 22.4. The van der Waals surface area contributed by atoms with E-state index in [1.807, 2.05) is 0 Å². The largest absolute Gasteiger partial charge is 4.00 e. The molecule has 0 spiro atoms. The van der Waals surface area contributed by atoms with Crippen molar-refractivity contribution in [1.82, 2.24) is 0 Å². The van der Waals surface area contributed by atoms with E-state index < -0.39 is 62.6 Å². The summed E-state index contributed by atoms with van der Waals surface area (Å²) in [6.07, 6.45) is 0. The van der Waals surface area contributed by atoms with Crippen molar-refractivity contribution in [3.8, 4) is 0 Å². The Labute approximate surface area is 468 Å². The van der Waals surface area contributed by atoms with Gasteiger partial charge >= 0.3 is 261 Å². The van der Waals surface area contributed by atoms with E-state index in [0.29, 0.717) is 0 Å². The molecular weight excluding hydrogens is 1230 g/mol. The number of hydrogen-bond donors (Lipinski definition) is 0. The van der Waals surface area contributed by atoms with Crippen molar-refractivity contribution in [2.45, 2.75) is 0 Å². The summed E-state index contributed by atoms with van der Waals surface area (Å²) in [6, 6.07) is 0. The first-order valence-electron chi connectivity index (χ1n) is 5.84. The van der Waals surface area contributed by atoms with Gasteiger partial charge in [0, 0.05) is 0 Å². The van der Waals surface area contributed by atoms with Gasteiger partial charge in [0.05, 0.1) is 0 Å². The molecule has 0 unspecified atom stereocenters. The molecule has 0 aliphatic heterocycles. The van der Waals surface area contributed by atoms with E-state index in [0.717, 1.165) is 0 Å². The van der Waals surface area contributed by atoms with Gasteiger partial charge in [-0.2, -0.15) is 62.6 Å². The van der Waals surface area contributed by atoms with Crippen molar-refractivity contribution in [3.05, 3.63) is 0 Å². The average Bonchev–Trinajstić information content (AvgIpc) is 2.16. The monoisotopic (exact) mass is 1220 g/mol. The molecule has 0 saturated carbocycles. The molecule has 32 nitrogen and oxygen atoms in total. The molecule has 49 heavy (non-hydrogen) atoms. The summed E-state index contributed by atoms with van der Waals surface area (Å²) in [5.41, 5.74) is 0. The van der Waals surface area contributed by atoms with Crippen LogP contribution >= 0.6 is 62.6 Å². The van der Waals surface area contributed by atoms with Crippen LogP contribution in [0.15, 0.2) is 0 Å². The summed E-state index contributed by atoms with van der Waals surface area (Å²) in [6.45, 7) is 0. The van der Waals surface area contributed by atoms with Crippen LogP contribution in [0.1, 0.15) is 0 Å². The van der Waals surface area contributed by atoms with Gasteiger partial charge < -0.3 is 154 Å². The van der Waals surface area contributed by atoms with E-state index in [2.05, 4.69) is 0 Å². The molecule has 49 heteroatoms. The second-order valence-corrected chi connectivity index (χ2v) is 10.7. The van der Waals surface area contributed by atoms with Crippen LogP contribution in [0.5, 0.6) is 0 Å². The fourth-order valence-corrected chi connectivity index (χ4v) is 0. The topological polar surface area (TPSA) is 690 Å². The van der Waals surface area contributed by atoms with Crippen LogP contribution in [0, 0.1) is 0 Å². The first kappa shape index (κ1) is 112. The molecule has 0 N–H and O–H groups in total. The van der Waals surface area contributed by atoms with Crippen LogP contribution in [0.3, 0.4) is 0 Å². The third kappa shape index (κ3) is 1930. The maximum Gasteiger partial charge on any atom is 4.00 e. The van der Waals surface area contributed by atoms with Crippen molar-refractivity contribution in [2.24, 2.45) is 0 Å². The molecule has 0 saturated heterocycles. The molecule has 0 aliphatic carbocycles. The third-order valence-corrected chi connectivity index (χ3v) is 0. The van der Waals surface area contributed by atoms with E-state index in [1.165, 1.54) is 0 Å². The van der Waals surface area contributed by atoms with Crippen molar-refractivity contribution in [3.63, 3.8) is 0 Å². The maximum atomic E-state index is 8.55. The third-order valence-electron chi connectivity index (χ3n) is 0. The summed E-state index contributed by atoms with van der Waals surface area (Å²) in [4.78, 5) is 205. The molecule has 0 amide bonds. The van der Waals surface area contributed by atoms with Gasteiger partial charge in [-0.3, -0.25) is 0 Å². The smallest absolute Gasteiger partial charge is 0.822 e. The summed E-state index contributed by atoms with van der Waals surface area (Å²) in [5, 5.41) is 0. The Morgan fingerprint density at radius 2 is 0.184 bits per heavy atom. The second kappa shape index (κ2) is 55.6. The van der Waals surface area contributed by atoms with Gasteiger partial charge in [-0.05, 0) is 0 Å². The van der Waals surface area contributed by atoms with E-state index >= 15 is 0 Å². The number of rotatable bonds is 0. The van der Waals surface area contributed by atoms with E-state index in [4.69, 9.17) is 154 Å². The predicted molar refractivity (Wildman–Crippen MR) is 95.4 cm³/mol. The Bertz CT molecular complexity index is 686. The van der Waals surface area contributed by atoms with Gasteiger partial charge in [-0.1, -0.05) is 0 Å². The minimum atomic E-state index is -5.39. The van der Waals surface area contributed by atoms with Crippen molar-refractivity contribution in [1.29, 1.82) is 0 Å². The van der Waals surface area contributed by atoms with Gasteiger partial charge in [0.15, 0.2) is 0 Å². The molecule has 0 aromatic rings. The van der Waals surface area contributed by atoms with E-state index in [1.54, 1.807) is 0 Å². The van der Waals surface area contributed by atoms with Gasteiger partial charge in [0.1, 0.15) is 0 Å². The van der Waals surface area contributed by atoms with Crippen molar-refractivity contribution < 1.29 is 233 Å². The molecule has 0 atom stereocenters. The zero-order valence-corrected chi connectivity index (χ0v) is 47.8. The van der Waals surface area contributed by atoms with Gasteiger partial charge in [-0.15, -0.1) is 0 Å². The zero-order chi connectivity index (χ0) is 36.0. The molecule has 0 aromatic heterocycles. The summed E-state index contributed by atoms with van der Waals surface area (Å²) in [5.74, 6) is 0. The Kier molecular flexibility index (Phi) is 128. The maximum absolute atomic E-state index is 8.55. The van der Waals surface area contributed by atoms with Crippen LogP contribution < -0.4 is 117 Å². The molecule has 0 aromatic carbocycles. The quantitative estimate of drug-likeness (QED) is 0.160. The Morgan fingerprint density at radius 3 is 0.184 bits per heavy atom. The minimum Gasteiger partial charge on any atom is -0.822 e. The summed E-state index contributed by atoms with van der Waals surface area (Å²) >= 11 is 0. The van der Waals surface area contributed by atoms with Crippen LogP contribution in [-0.4, -0.2) is 182 Å². The van der Waals surface area contributed by atoms with Crippen LogP contribution in [0.25, 0.3) is 0 Å². The van der Waals surface area contributed by atoms with Crippen molar-refractivity contribution in [2.75, 3.05) is 0 Å². The number of phosphoric acid groups is 8. The molecule has 0 heterocycles. The molecule has 0 bridgehead atoms. The van der Waals surface area contributed by atoms with Gasteiger partial charge in [-0.25, -0.2) is 0 Å². The molecule has 0 radical (unpaired) electrons. The first-order valence-corrected chi connectivity index (χ1v) is 17.5. The normalized spacial score (nSPS) is 9.63. The molecule has 0 rings (SSSR count). The molecule has 256 valence electrons. The fourth-order valence-electron chi connectivity index (χ4n) is 0. The van der Waals surface area contributed by atoms with E-state index in [9.17, 15) is 0 Å². The predicted octanol–water partition coefficient (Wildman–Crippen LogP) is -24.9. The standard InChI is InChI=1S/3Ca.3Mg.8H3O4P.3Zr/c;;;;;;8*1-5(2,3)4;;;/h;;;;;;8*(H3,1,2,3,4);;;/q6*+2;;;;;;;;;3*+4/p-24. The Morgan fingerprint density at radius 1 is 0.184 bits per heavy atom. The van der Waals surface area contributed by atoms with Gasteiger partial charge in [0.25, 0.3) is 0 Å². The summed E-state index contributed by atoms with van der Waals surface area (Å²) in [7, 11) is -43.1. The SMILES string of the molecule is O=P([O-])([O-])[O-].O=P([O-])([O-])[O-].O=P([O-])([O-])[O-].O=P([O-])([O-])[O-].O=P([O-])([O-])[O-].O=P([O-])([O-])[O-].O=P([O-])([O-])[O-].O=P([O-])([O-])[O-].[Ca+2].[Ca+2].[Ca+2].[Mg+2].[Mg+2].[Mg+2].[Zr+4].[Zr+4].[Zr+4]. The minimum absolute atomic E-state index is 0. The molecule has 0 fully saturated rings. The van der Waals surface area contributed by atoms with E-state index in [-0.39, 0.29) is 261 Å². The fraction of sp³-hybridized carbons (Fsp3) is 0. The second-order valence-electron chi connectivity index (χ2n) is 3.58. The average molecular weight is 1230 g/mol. The van der Waals surface area contributed by atoms with Crippen LogP contribution in [0.2, 0.25) is 0 Å². The van der Waals surface area contributed by atoms with Crippen LogP contribution in [0.4, 0.5) is 0 Å². The van der Waals surface area contributed by atoms with Crippen molar-refractivity contribution >= 4 is 245 Å². The first-order chi connectivity index (χ1) is 16.0. The Hall–Kier alpha value is 9.61. The van der Waals surface area contributed by atoms with Crippen LogP contribution in [-0.2, 0) is 115 Å². The molecular formula is Ca3Mg3O32P8Zr3. The summed E-state index contributed by atoms with van der Waals surface area (Å²) < 4.78 is 68.4.